The van der Waals surface area contributed by atoms with Gasteiger partial charge in [0.15, 0.2) is 0 Å². The van der Waals surface area contributed by atoms with Crippen LogP contribution in [0.15, 0.2) is 78.9 Å². The quantitative estimate of drug-likeness (QED) is 0.554. The Hall–Kier alpha value is -2.82. The van der Waals surface area contributed by atoms with Crippen LogP contribution in [0.3, 0.4) is 0 Å². The maximum atomic E-state index is 13.2. The number of hydrogen-bond acceptors (Lipinski definition) is 2. The van der Waals surface area contributed by atoms with Crippen molar-refractivity contribution < 1.29 is 4.79 Å². The van der Waals surface area contributed by atoms with E-state index in [2.05, 4.69) is 63.6 Å². The van der Waals surface area contributed by atoms with Gasteiger partial charge < -0.3 is 10.2 Å². The van der Waals surface area contributed by atoms with Crippen molar-refractivity contribution in [2.24, 2.45) is 0 Å². The van der Waals surface area contributed by atoms with Gasteiger partial charge in [0.2, 0.25) is 0 Å². The fourth-order valence-corrected chi connectivity index (χ4v) is 4.98. The average molecular weight is 432 g/mol. The molecule has 3 aromatic carbocycles. The maximum Gasteiger partial charge on any atom is 0.322 e. The molecule has 1 N–H and O–H groups in total. The minimum atomic E-state index is -0.0565. The molecule has 1 atom stereocenters. The van der Waals surface area contributed by atoms with Crippen LogP contribution in [0.2, 0.25) is 5.02 Å². The number of carbonyl (C=O) groups excluding carboxylic acids is 1. The lowest BCUT2D eigenvalue weighted by atomic mass is 9.90. The summed E-state index contributed by atoms with van der Waals surface area (Å²) in [4.78, 5) is 17.8. The smallest absolute Gasteiger partial charge is 0.310 e. The summed E-state index contributed by atoms with van der Waals surface area (Å²) in [6.45, 7) is 2.86. The monoisotopic (exact) mass is 431 g/mol. The molecule has 0 bridgehead atoms. The Kier molecular flexibility index (Phi) is 5.66. The number of nitrogens with zero attached hydrogens (tertiary/aromatic N) is 2. The predicted octanol–water partition coefficient (Wildman–Crippen LogP) is 5.94. The summed E-state index contributed by atoms with van der Waals surface area (Å²) in [5.74, 6) is 0. The van der Waals surface area contributed by atoms with Gasteiger partial charge in [-0.25, -0.2) is 4.79 Å². The molecule has 0 spiro atoms. The number of piperidine rings is 1. The molecule has 158 valence electrons. The van der Waals surface area contributed by atoms with Crippen molar-refractivity contribution in [2.45, 2.75) is 31.5 Å². The van der Waals surface area contributed by atoms with Crippen molar-refractivity contribution in [3.05, 3.63) is 101 Å². The normalized spacial score (nSPS) is 19.7. The first kappa shape index (κ1) is 20.1. The van der Waals surface area contributed by atoms with Gasteiger partial charge in [-0.2, -0.15) is 0 Å². The van der Waals surface area contributed by atoms with Crippen LogP contribution in [-0.4, -0.2) is 35.0 Å². The molecule has 0 aromatic heterocycles. The third-order valence-corrected chi connectivity index (χ3v) is 6.65. The zero-order chi connectivity index (χ0) is 21.2. The van der Waals surface area contributed by atoms with Crippen LogP contribution in [0.5, 0.6) is 0 Å². The van der Waals surface area contributed by atoms with Crippen molar-refractivity contribution in [2.75, 3.05) is 18.4 Å². The van der Waals surface area contributed by atoms with E-state index in [1.807, 2.05) is 30.3 Å². The summed E-state index contributed by atoms with van der Waals surface area (Å²) in [5.41, 5.74) is 4.51. The second-order valence-electron chi connectivity index (χ2n) is 8.37. The highest BCUT2D eigenvalue weighted by molar-refractivity contribution is 6.30. The van der Waals surface area contributed by atoms with Gasteiger partial charge in [0, 0.05) is 41.9 Å². The first-order chi connectivity index (χ1) is 15.2. The highest BCUT2D eigenvalue weighted by Gasteiger charge is 2.38. The van der Waals surface area contributed by atoms with Crippen LogP contribution in [0.25, 0.3) is 0 Å². The van der Waals surface area contributed by atoms with Gasteiger partial charge in [-0.3, -0.25) is 4.90 Å². The Morgan fingerprint density at radius 3 is 2.29 bits per heavy atom. The lowest BCUT2D eigenvalue weighted by Gasteiger charge is -2.45. The molecule has 0 saturated carbocycles. The minimum absolute atomic E-state index is 0.00343. The number of para-hydroxylation sites is 1. The molecule has 1 unspecified atom stereocenters. The summed E-state index contributed by atoms with van der Waals surface area (Å²) in [6, 6.07) is 26.8. The number of hydrogen-bond donors (Lipinski definition) is 1. The largest absolute Gasteiger partial charge is 0.322 e. The molecule has 1 saturated heterocycles. The SMILES string of the molecule is O=C1Nc2ccccc2C(c2ccccc2)N1C1CCN(Cc2ccc(Cl)cc2)CC1. The van der Waals surface area contributed by atoms with Gasteiger partial charge in [-0.05, 0) is 42.2 Å². The van der Waals surface area contributed by atoms with E-state index >= 15 is 0 Å². The van der Waals surface area contributed by atoms with Gasteiger partial charge in [0.25, 0.3) is 0 Å². The number of rotatable bonds is 4. The molecule has 31 heavy (non-hydrogen) atoms. The van der Waals surface area contributed by atoms with E-state index in [0.29, 0.717) is 0 Å². The van der Waals surface area contributed by atoms with Crippen molar-refractivity contribution >= 4 is 23.3 Å². The third-order valence-electron chi connectivity index (χ3n) is 6.39. The number of halogens is 1. The van der Waals surface area contributed by atoms with E-state index in [0.717, 1.165) is 54.3 Å². The molecule has 1 fully saturated rings. The van der Waals surface area contributed by atoms with E-state index in [4.69, 9.17) is 11.6 Å². The first-order valence-electron chi connectivity index (χ1n) is 10.9. The summed E-state index contributed by atoms with van der Waals surface area (Å²) in [7, 11) is 0. The summed E-state index contributed by atoms with van der Waals surface area (Å²) >= 11 is 6.02. The molecule has 5 heteroatoms. The number of fused-ring (bicyclic) bond motifs is 1. The van der Waals surface area contributed by atoms with Crippen LogP contribution in [0.4, 0.5) is 10.5 Å². The number of amides is 2. The Balaban J connectivity index is 1.36. The molecule has 2 aliphatic heterocycles. The number of carbonyl (C=O) groups is 1. The average Bonchev–Trinajstić information content (AvgIpc) is 2.81. The Morgan fingerprint density at radius 1 is 0.871 bits per heavy atom. The van der Waals surface area contributed by atoms with E-state index in [1.165, 1.54) is 5.56 Å². The van der Waals surface area contributed by atoms with Crippen molar-refractivity contribution in [1.82, 2.24) is 9.80 Å². The molecule has 0 aliphatic carbocycles. The van der Waals surface area contributed by atoms with E-state index < -0.39 is 0 Å². The van der Waals surface area contributed by atoms with Crippen molar-refractivity contribution in [3.8, 4) is 0 Å². The van der Waals surface area contributed by atoms with Gasteiger partial charge in [0.05, 0.1) is 6.04 Å². The lowest BCUT2D eigenvalue weighted by molar-refractivity contribution is 0.106. The molecule has 3 aromatic rings. The lowest BCUT2D eigenvalue weighted by Crippen LogP contribution is -2.52. The summed E-state index contributed by atoms with van der Waals surface area (Å²) in [6.07, 6.45) is 1.93. The highest BCUT2D eigenvalue weighted by atomic mass is 35.5. The molecule has 2 heterocycles. The molecule has 4 nitrogen and oxygen atoms in total. The topological polar surface area (TPSA) is 35.6 Å². The number of likely N-dealkylation sites (tertiary alicyclic amines) is 1. The molecule has 5 rings (SSSR count). The van der Waals surface area contributed by atoms with Crippen LogP contribution < -0.4 is 5.32 Å². The van der Waals surface area contributed by atoms with Crippen LogP contribution in [0, 0.1) is 0 Å². The Labute approximate surface area is 188 Å². The predicted molar refractivity (Wildman–Crippen MR) is 125 cm³/mol. The van der Waals surface area contributed by atoms with E-state index in [1.54, 1.807) is 0 Å². The minimum Gasteiger partial charge on any atom is -0.310 e. The van der Waals surface area contributed by atoms with E-state index in [9.17, 15) is 4.79 Å². The van der Waals surface area contributed by atoms with E-state index in [-0.39, 0.29) is 18.1 Å². The molecule has 0 radical (unpaired) electrons. The fraction of sp³-hybridized carbons (Fsp3) is 0.269. The summed E-state index contributed by atoms with van der Waals surface area (Å²) in [5, 5.41) is 3.89. The zero-order valence-corrected chi connectivity index (χ0v) is 18.1. The fourth-order valence-electron chi connectivity index (χ4n) is 4.85. The first-order valence-corrected chi connectivity index (χ1v) is 11.3. The highest BCUT2D eigenvalue weighted by Crippen LogP contribution is 2.40. The summed E-state index contributed by atoms with van der Waals surface area (Å²) < 4.78 is 0. The van der Waals surface area contributed by atoms with Crippen LogP contribution in [-0.2, 0) is 6.54 Å². The molecular formula is C26H26ClN3O. The maximum absolute atomic E-state index is 13.2. The third kappa shape index (κ3) is 4.18. The van der Waals surface area contributed by atoms with Gasteiger partial charge in [-0.1, -0.05) is 72.3 Å². The van der Waals surface area contributed by atoms with Gasteiger partial charge >= 0.3 is 6.03 Å². The van der Waals surface area contributed by atoms with Crippen molar-refractivity contribution in [1.29, 1.82) is 0 Å². The molecule has 2 aliphatic rings. The number of benzene rings is 3. The van der Waals surface area contributed by atoms with Crippen LogP contribution in [0.1, 0.15) is 35.6 Å². The van der Waals surface area contributed by atoms with Gasteiger partial charge in [-0.15, -0.1) is 0 Å². The Bertz CT molecular complexity index is 1050. The number of anilines is 1. The standard InChI is InChI=1S/C26H26ClN3O/c27-21-12-10-19(11-13-21)18-29-16-14-22(15-17-29)30-25(20-6-2-1-3-7-20)23-8-4-5-9-24(23)28-26(30)31/h1-13,22,25H,14-18H2,(H,28,31). The number of urea groups is 1. The second kappa shape index (κ2) is 8.74. The second-order valence-corrected chi connectivity index (χ2v) is 8.81. The zero-order valence-electron chi connectivity index (χ0n) is 17.4. The van der Waals surface area contributed by atoms with Crippen LogP contribution >= 0.6 is 11.6 Å². The van der Waals surface area contributed by atoms with Crippen molar-refractivity contribution in [3.63, 3.8) is 0 Å². The van der Waals surface area contributed by atoms with Gasteiger partial charge in [0.1, 0.15) is 0 Å². The molecular weight excluding hydrogens is 406 g/mol. The molecule has 2 amide bonds. The number of nitrogens with one attached hydrogen (secondary N) is 1. The Morgan fingerprint density at radius 2 is 1.55 bits per heavy atom.